The topological polar surface area (TPSA) is 84.6 Å². The largest absolute Gasteiger partial charge is 0.496 e. The van der Waals surface area contributed by atoms with E-state index in [9.17, 15) is 4.79 Å². The lowest BCUT2D eigenvalue weighted by molar-refractivity contribution is 0.0921. The van der Waals surface area contributed by atoms with E-state index in [4.69, 9.17) is 15.6 Å². The smallest absolute Gasteiger partial charge is 0.255 e. The maximum atomic E-state index is 11.7. The van der Waals surface area contributed by atoms with Crippen LogP contribution in [0.25, 0.3) is 0 Å². The van der Waals surface area contributed by atoms with E-state index in [-0.39, 0.29) is 12.5 Å². The van der Waals surface area contributed by atoms with Crippen molar-refractivity contribution >= 4 is 11.6 Å². The number of hydrogen-bond acceptors (Lipinski definition) is 4. The molecule has 0 spiro atoms. The molecule has 1 aromatic carbocycles. The summed E-state index contributed by atoms with van der Waals surface area (Å²) in [6, 6.07) is 4.83. The molecule has 1 atom stereocenters. The summed E-state index contributed by atoms with van der Waals surface area (Å²) >= 11 is 0. The molecule has 5 heteroatoms. The Morgan fingerprint density at radius 1 is 1.62 bits per heavy atom. The molecule has 0 saturated heterocycles. The van der Waals surface area contributed by atoms with Crippen LogP contribution in [0.3, 0.4) is 0 Å². The van der Waals surface area contributed by atoms with E-state index in [0.29, 0.717) is 17.0 Å². The number of hydrogen-bond donors (Lipinski definition) is 3. The van der Waals surface area contributed by atoms with Crippen LogP contribution in [0, 0.1) is 0 Å². The van der Waals surface area contributed by atoms with Crippen LogP contribution >= 0.6 is 0 Å². The normalized spacial score (nSPS) is 11.9. The maximum Gasteiger partial charge on any atom is 0.255 e. The van der Waals surface area contributed by atoms with Gasteiger partial charge in [0.1, 0.15) is 5.75 Å². The molecule has 0 aliphatic heterocycles. The van der Waals surface area contributed by atoms with E-state index < -0.39 is 6.10 Å². The predicted octanol–water partition coefficient (Wildman–Crippen LogP) is 0.388. The summed E-state index contributed by atoms with van der Waals surface area (Å²) in [6.45, 7) is 1.79. The first-order valence-corrected chi connectivity index (χ1v) is 4.94. The van der Waals surface area contributed by atoms with Crippen molar-refractivity contribution in [3.63, 3.8) is 0 Å². The molecule has 0 fully saturated rings. The van der Waals surface area contributed by atoms with Gasteiger partial charge in [-0.1, -0.05) is 0 Å². The molecule has 1 aromatic rings. The minimum absolute atomic E-state index is 0.191. The lowest BCUT2D eigenvalue weighted by Crippen LogP contribution is -2.30. The number of carbonyl (C=O) groups excluding carboxylic acids is 1. The zero-order valence-electron chi connectivity index (χ0n) is 9.36. The average molecular weight is 224 g/mol. The molecule has 4 N–H and O–H groups in total. The van der Waals surface area contributed by atoms with E-state index in [1.54, 1.807) is 19.1 Å². The molecule has 88 valence electrons. The van der Waals surface area contributed by atoms with Crippen LogP contribution in [-0.4, -0.2) is 30.8 Å². The number of nitrogen functional groups attached to an aromatic ring is 1. The predicted molar refractivity (Wildman–Crippen MR) is 61.4 cm³/mol. The first kappa shape index (κ1) is 12.3. The van der Waals surface area contributed by atoms with E-state index in [0.717, 1.165) is 0 Å². The second-order valence-corrected chi connectivity index (χ2v) is 3.52. The summed E-state index contributed by atoms with van der Waals surface area (Å²) in [4.78, 5) is 11.7. The quantitative estimate of drug-likeness (QED) is 0.646. The summed E-state index contributed by atoms with van der Waals surface area (Å²) in [7, 11) is 1.48. The molecule has 5 nitrogen and oxygen atoms in total. The number of nitrogens with two attached hydrogens (primary N) is 1. The number of aliphatic hydroxyl groups is 1. The van der Waals surface area contributed by atoms with Gasteiger partial charge in [0.2, 0.25) is 0 Å². The van der Waals surface area contributed by atoms with Gasteiger partial charge < -0.3 is 20.9 Å². The fourth-order valence-electron chi connectivity index (χ4n) is 1.24. The molecule has 0 aliphatic carbocycles. The maximum absolute atomic E-state index is 11.7. The van der Waals surface area contributed by atoms with Gasteiger partial charge in [0.25, 0.3) is 5.91 Å². The Kier molecular flexibility index (Phi) is 4.13. The zero-order valence-corrected chi connectivity index (χ0v) is 9.36. The first-order chi connectivity index (χ1) is 7.54. The third kappa shape index (κ3) is 3.13. The van der Waals surface area contributed by atoms with Gasteiger partial charge in [-0.05, 0) is 25.1 Å². The highest BCUT2D eigenvalue weighted by Gasteiger charge is 2.12. The second-order valence-electron chi connectivity index (χ2n) is 3.52. The molecule has 0 radical (unpaired) electrons. The van der Waals surface area contributed by atoms with Gasteiger partial charge in [0.15, 0.2) is 0 Å². The van der Waals surface area contributed by atoms with Crippen LogP contribution in [0.2, 0.25) is 0 Å². The number of aliphatic hydroxyl groups excluding tert-OH is 1. The van der Waals surface area contributed by atoms with Crippen molar-refractivity contribution in [2.24, 2.45) is 0 Å². The summed E-state index contributed by atoms with van der Waals surface area (Å²) in [5.41, 5.74) is 6.44. The Morgan fingerprint density at radius 2 is 2.31 bits per heavy atom. The van der Waals surface area contributed by atoms with Crippen LogP contribution in [0.15, 0.2) is 18.2 Å². The van der Waals surface area contributed by atoms with E-state index in [2.05, 4.69) is 5.32 Å². The van der Waals surface area contributed by atoms with Crippen LogP contribution in [-0.2, 0) is 0 Å². The molecule has 0 aliphatic rings. The Bertz CT molecular complexity index is 377. The van der Waals surface area contributed by atoms with Crippen molar-refractivity contribution in [2.45, 2.75) is 13.0 Å². The summed E-state index contributed by atoms with van der Waals surface area (Å²) < 4.78 is 5.05. The van der Waals surface area contributed by atoms with Crippen LogP contribution in [0.5, 0.6) is 5.75 Å². The number of rotatable bonds is 4. The molecule has 1 amide bonds. The summed E-state index contributed by atoms with van der Waals surface area (Å²) in [5, 5.41) is 11.6. The summed E-state index contributed by atoms with van der Waals surface area (Å²) in [5.74, 6) is 0.141. The second kappa shape index (κ2) is 5.37. The van der Waals surface area contributed by atoms with E-state index >= 15 is 0 Å². The summed E-state index contributed by atoms with van der Waals surface area (Å²) in [6.07, 6.45) is -0.587. The van der Waals surface area contributed by atoms with Crippen molar-refractivity contribution in [1.82, 2.24) is 5.32 Å². The lowest BCUT2D eigenvalue weighted by Gasteiger charge is -2.10. The molecule has 0 heterocycles. The standard InChI is InChI=1S/C11H16N2O3/c1-7(14)6-13-11(15)9-5-8(12)3-4-10(9)16-2/h3-5,7,14H,6,12H2,1-2H3,(H,13,15). The van der Waals surface area contributed by atoms with Gasteiger partial charge in [-0.3, -0.25) is 4.79 Å². The van der Waals surface area contributed by atoms with Crippen molar-refractivity contribution in [3.8, 4) is 5.75 Å². The van der Waals surface area contributed by atoms with Gasteiger partial charge in [-0.2, -0.15) is 0 Å². The third-order valence-electron chi connectivity index (χ3n) is 2.03. The number of benzene rings is 1. The van der Waals surface area contributed by atoms with Crippen LogP contribution in [0.4, 0.5) is 5.69 Å². The van der Waals surface area contributed by atoms with Gasteiger partial charge in [-0.25, -0.2) is 0 Å². The Balaban J connectivity index is 2.84. The molecule has 0 bridgehead atoms. The molecule has 0 saturated carbocycles. The van der Waals surface area contributed by atoms with E-state index in [1.807, 2.05) is 0 Å². The number of anilines is 1. The van der Waals surface area contributed by atoms with Gasteiger partial charge in [-0.15, -0.1) is 0 Å². The first-order valence-electron chi connectivity index (χ1n) is 4.94. The van der Waals surface area contributed by atoms with Crippen molar-refractivity contribution in [1.29, 1.82) is 0 Å². The molecular formula is C11H16N2O3. The highest BCUT2D eigenvalue weighted by molar-refractivity contribution is 5.97. The third-order valence-corrected chi connectivity index (χ3v) is 2.03. The van der Waals surface area contributed by atoms with Crippen LogP contribution in [0.1, 0.15) is 17.3 Å². The number of amides is 1. The highest BCUT2D eigenvalue weighted by Crippen LogP contribution is 2.20. The van der Waals surface area contributed by atoms with Crippen molar-refractivity contribution < 1.29 is 14.6 Å². The van der Waals surface area contributed by atoms with Gasteiger partial charge in [0, 0.05) is 12.2 Å². The zero-order chi connectivity index (χ0) is 12.1. The number of carbonyl (C=O) groups is 1. The lowest BCUT2D eigenvalue weighted by atomic mass is 10.1. The van der Waals surface area contributed by atoms with Crippen molar-refractivity contribution in [2.75, 3.05) is 19.4 Å². The minimum atomic E-state index is -0.587. The van der Waals surface area contributed by atoms with Gasteiger partial charge in [0.05, 0.1) is 18.8 Å². The van der Waals surface area contributed by atoms with E-state index in [1.165, 1.54) is 13.2 Å². The molecular weight excluding hydrogens is 208 g/mol. The SMILES string of the molecule is COc1ccc(N)cc1C(=O)NCC(C)O. The average Bonchev–Trinajstić information content (AvgIpc) is 2.25. The molecule has 16 heavy (non-hydrogen) atoms. The van der Waals surface area contributed by atoms with Gasteiger partial charge >= 0.3 is 0 Å². The van der Waals surface area contributed by atoms with Crippen molar-refractivity contribution in [3.05, 3.63) is 23.8 Å². The van der Waals surface area contributed by atoms with Crippen LogP contribution < -0.4 is 15.8 Å². The minimum Gasteiger partial charge on any atom is -0.496 e. The molecule has 1 rings (SSSR count). The molecule has 1 unspecified atom stereocenters. The monoisotopic (exact) mass is 224 g/mol. The fourth-order valence-corrected chi connectivity index (χ4v) is 1.24. The number of nitrogens with one attached hydrogen (secondary N) is 1. The molecule has 0 aromatic heterocycles. The number of ether oxygens (including phenoxy) is 1. The Morgan fingerprint density at radius 3 is 2.88 bits per heavy atom. The fraction of sp³-hybridized carbons (Fsp3) is 0.364. The Hall–Kier alpha value is -1.75. The highest BCUT2D eigenvalue weighted by atomic mass is 16.5. The number of methoxy groups -OCH3 is 1. The Labute approximate surface area is 94.2 Å².